The molecule has 1 aromatic carbocycles. The minimum Gasteiger partial charge on any atom is -0.417 e. The molecule has 0 radical (unpaired) electrons. The van der Waals surface area contributed by atoms with Crippen molar-refractivity contribution in [2.45, 2.75) is 13.0 Å². The number of aryl methyl sites for hydroxylation is 1. The Hall–Kier alpha value is -2.51. The summed E-state index contributed by atoms with van der Waals surface area (Å²) in [5, 5.41) is 3.93. The molecule has 1 saturated heterocycles. The SMILES string of the molecule is Cc1csc(C2COCCN2C(=O)c2cc3ccccc3c(=O)o2)n1. The lowest BCUT2D eigenvalue weighted by molar-refractivity contribution is -0.00451. The van der Waals surface area contributed by atoms with Crippen LogP contribution in [0.3, 0.4) is 0 Å². The molecule has 0 aliphatic carbocycles. The summed E-state index contributed by atoms with van der Waals surface area (Å²) in [6.45, 7) is 3.18. The maximum atomic E-state index is 13.0. The van der Waals surface area contributed by atoms with Crippen LogP contribution >= 0.6 is 11.3 Å². The second-order valence-electron chi connectivity index (χ2n) is 5.90. The highest BCUT2D eigenvalue weighted by Gasteiger charge is 2.32. The summed E-state index contributed by atoms with van der Waals surface area (Å²) >= 11 is 1.50. The lowest BCUT2D eigenvalue weighted by Gasteiger charge is -2.33. The fourth-order valence-corrected chi connectivity index (χ4v) is 3.85. The van der Waals surface area contributed by atoms with Crippen LogP contribution in [0.1, 0.15) is 27.3 Å². The van der Waals surface area contributed by atoms with E-state index in [4.69, 9.17) is 9.15 Å². The van der Waals surface area contributed by atoms with E-state index in [0.717, 1.165) is 10.7 Å². The van der Waals surface area contributed by atoms with Gasteiger partial charge in [0.25, 0.3) is 5.91 Å². The number of aromatic nitrogens is 1. The molecular weight excluding hydrogens is 340 g/mol. The highest BCUT2D eigenvalue weighted by Crippen LogP contribution is 2.28. The van der Waals surface area contributed by atoms with Crippen molar-refractivity contribution in [2.75, 3.05) is 19.8 Å². The predicted molar refractivity (Wildman–Crippen MR) is 93.9 cm³/mol. The van der Waals surface area contributed by atoms with Crippen LogP contribution in [-0.4, -0.2) is 35.5 Å². The molecule has 3 aromatic rings. The van der Waals surface area contributed by atoms with E-state index in [1.165, 1.54) is 11.3 Å². The van der Waals surface area contributed by atoms with Crippen molar-refractivity contribution in [3.63, 3.8) is 0 Å². The van der Waals surface area contributed by atoms with E-state index in [1.54, 1.807) is 29.2 Å². The first-order valence-electron chi connectivity index (χ1n) is 7.97. The Morgan fingerprint density at radius 3 is 3.00 bits per heavy atom. The van der Waals surface area contributed by atoms with Gasteiger partial charge in [-0.15, -0.1) is 11.3 Å². The van der Waals surface area contributed by atoms with Gasteiger partial charge in [-0.25, -0.2) is 9.78 Å². The fraction of sp³-hybridized carbons (Fsp3) is 0.278. The molecule has 1 unspecified atom stereocenters. The molecule has 25 heavy (non-hydrogen) atoms. The number of benzene rings is 1. The lowest BCUT2D eigenvalue weighted by atomic mass is 10.1. The molecule has 0 spiro atoms. The number of morpholine rings is 1. The normalized spacial score (nSPS) is 17.8. The number of amides is 1. The molecule has 1 aliphatic rings. The summed E-state index contributed by atoms with van der Waals surface area (Å²) in [4.78, 5) is 31.3. The third-order valence-corrected chi connectivity index (χ3v) is 5.26. The fourth-order valence-electron chi connectivity index (χ4n) is 2.96. The van der Waals surface area contributed by atoms with E-state index in [-0.39, 0.29) is 17.7 Å². The largest absolute Gasteiger partial charge is 0.417 e. The van der Waals surface area contributed by atoms with Gasteiger partial charge >= 0.3 is 5.63 Å². The average molecular weight is 356 g/mol. The number of carbonyl (C=O) groups is 1. The molecule has 0 saturated carbocycles. The predicted octanol–water partition coefficient (Wildman–Crippen LogP) is 2.77. The Labute approximate surface area is 147 Å². The third-order valence-electron chi connectivity index (χ3n) is 4.19. The van der Waals surface area contributed by atoms with Crippen molar-refractivity contribution in [3.05, 3.63) is 62.6 Å². The summed E-state index contributed by atoms with van der Waals surface area (Å²) in [6.07, 6.45) is 0. The van der Waals surface area contributed by atoms with Gasteiger partial charge in [-0.05, 0) is 24.4 Å². The average Bonchev–Trinajstić information content (AvgIpc) is 3.07. The molecule has 6 nitrogen and oxygen atoms in total. The second-order valence-corrected chi connectivity index (χ2v) is 6.79. The molecule has 2 aromatic heterocycles. The van der Waals surface area contributed by atoms with E-state index in [1.807, 2.05) is 18.4 Å². The summed E-state index contributed by atoms with van der Waals surface area (Å²) in [7, 11) is 0. The lowest BCUT2D eigenvalue weighted by Crippen LogP contribution is -2.43. The number of ether oxygens (including phenoxy) is 1. The zero-order valence-electron chi connectivity index (χ0n) is 13.6. The first kappa shape index (κ1) is 16.0. The summed E-state index contributed by atoms with van der Waals surface area (Å²) in [5.74, 6) is -0.270. The van der Waals surface area contributed by atoms with E-state index >= 15 is 0 Å². The van der Waals surface area contributed by atoms with E-state index in [9.17, 15) is 9.59 Å². The summed E-state index contributed by atoms with van der Waals surface area (Å²) in [5.41, 5.74) is 0.409. The Bertz CT molecular complexity index is 994. The minimum absolute atomic E-state index is 0.0453. The number of thiazole rings is 1. The Morgan fingerprint density at radius 1 is 1.36 bits per heavy atom. The van der Waals surface area contributed by atoms with Crippen LogP contribution < -0.4 is 5.63 Å². The van der Waals surface area contributed by atoms with Crippen molar-refractivity contribution in [1.29, 1.82) is 0 Å². The third kappa shape index (κ3) is 2.96. The molecule has 0 bridgehead atoms. The second kappa shape index (κ2) is 6.42. The van der Waals surface area contributed by atoms with Crippen LogP contribution in [0.5, 0.6) is 0 Å². The standard InChI is InChI=1S/C18H16N2O4S/c1-11-10-25-16(19-11)14-9-23-7-6-20(14)17(21)15-8-12-4-2-3-5-13(12)18(22)24-15/h2-5,8,10,14H,6-7,9H2,1H3. The topological polar surface area (TPSA) is 72.6 Å². The van der Waals surface area contributed by atoms with Crippen LogP contribution in [0.4, 0.5) is 0 Å². The van der Waals surface area contributed by atoms with Crippen LogP contribution in [0.15, 0.2) is 44.9 Å². The Kier molecular flexibility index (Phi) is 4.10. The molecule has 1 atom stereocenters. The van der Waals surface area contributed by atoms with Gasteiger partial charge in [0.1, 0.15) is 11.0 Å². The van der Waals surface area contributed by atoms with E-state index in [0.29, 0.717) is 30.5 Å². The molecule has 0 N–H and O–H groups in total. The highest BCUT2D eigenvalue weighted by atomic mass is 32.1. The summed E-state index contributed by atoms with van der Waals surface area (Å²) in [6, 6.07) is 8.43. The van der Waals surface area contributed by atoms with Crippen molar-refractivity contribution < 1.29 is 13.9 Å². The van der Waals surface area contributed by atoms with Gasteiger partial charge in [0.05, 0.1) is 18.6 Å². The van der Waals surface area contributed by atoms with Gasteiger partial charge < -0.3 is 14.1 Å². The molecule has 4 rings (SSSR count). The van der Waals surface area contributed by atoms with Gasteiger partial charge in [0.2, 0.25) is 0 Å². The first-order chi connectivity index (χ1) is 12.1. The van der Waals surface area contributed by atoms with Crippen molar-refractivity contribution in [2.24, 2.45) is 0 Å². The molecule has 1 amide bonds. The Balaban J connectivity index is 1.72. The quantitative estimate of drug-likeness (QED) is 0.706. The van der Waals surface area contributed by atoms with Crippen molar-refractivity contribution >= 4 is 28.0 Å². The van der Waals surface area contributed by atoms with Crippen LogP contribution in [0, 0.1) is 6.92 Å². The molecule has 128 valence electrons. The molecular formula is C18H16N2O4S. The highest BCUT2D eigenvalue weighted by molar-refractivity contribution is 7.09. The maximum Gasteiger partial charge on any atom is 0.344 e. The van der Waals surface area contributed by atoms with Crippen LogP contribution in [0.2, 0.25) is 0 Å². The Morgan fingerprint density at radius 2 is 2.20 bits per heavy atom. The number of hydrogen-bond donors (Lipinski definition) is 0. The van der Waals surface area contributed by atoms with E-state index < -0.39 is 5.63 Å². The molecule has 1 aliphatic heterocycles. The van der Waals surface area contributed by atoms with Crippen LogP contribution in [-0.2, 0) is 4.74 Å². The van der Waals surface area contributed by atoms with Crippen LogP contribution in [0.25, 0.3) is 10.8 Å². The monoisotopic (exact) mass is 356 g/mol. The summed E-state index contributed by atoms with van der Waals surface area (Å²) < 4.78 is 10.8. The number of carbonyl (C=O) groups excluding carboxylic acids is 1. The zero-order valence-corrected chi connectivity index (χ0v) is 14.4. The number of nitrogens with zero attached hydrogens (tertiary/aromatic N) is 2. The first-order valence-corrected chi connectivity index (χ1v) is 8.85. The maximum absolute atomic E-state index is 13.0. The van der Waals surface area contributed by atoms with Gasteiger partial charge in [-0.1, -0.05) is 18.2 Å². The van der Waals surface area contributed by atoms with Crippen molar-refractivity contribution in [1.82, 2.24) is 9.88 Å². The van der Waals surface area contributed by atoms with Gasteiger partial charge in [0.15, 0.2) is 5.76 Å². The van der Waals surface area contributed by atoms with Gasteiger partial charge in [-0.2, -0.15) is 0 Å². The zero-order chi connectivity index (χ0) is 17.4. The van der Waals surface area contributed by atoms with E-state index in [2.05, 4.69) is 4.98 Å². The molecule has 3 heterocycles. The van der Waals surface area contributed by atoms with Crippen molar-refractivity contribution in [3.8, 4) is 0 Å². The molecule has 7 heteroatoms. The van der Waals surface area contributed by atoms with Gasteiger partial charge in [-0.3, -0.25) is 4.79 Å². The molecule has 1 fully saturated rings. The number of hydrogen-bond acceptors (Lipinski definition) is 6. The van der Waals surface area contributed by atoms with Gasteiger partial charge in [0, 0.05) is 17.6 Å². The smallest absolute Gasteiger partial charge is 0.344 e. The number of fused-ring (bicyclic) bond motifs is 1. The minimum atomic E-state index is -0.503. The number of rotatable bonds is 2.